The van der Waals surface area contributed by atoms with Gasteiger partial charge in [-0.3, -0.25) is 0 Å². The molecule has 0 N–H and O–H groups in total. The van der Waals surface area contributed by atoms with Crippen molar-refractivity contribution in [3.8, 4) is 56.0 Å². The Bertz CT molecular complexity index is 2910. The van der Waals surface area contributed by atoms with E-state index in [2.05, 4.69) is 182 Å². The first-order valence-corrected chi connectivity index (χ1v) is 18.0. The van der Waals surface area contributed by atoms with Crippen molar-refractivity contribution in [1.29, 1.82) is 0 Å². The maximum absolute atomic E-state index is 5.38. The fourth-order valence-corrected chi connectivity index (χ4v) is 8.42. The molecule has 0 amide bonds. The van der Waals surface area contributed by atoms with Crippen LogP contribution in [0.2, 0.25) is 0 Å². The summed E-state index contributed by atoms with van der Waals surface area (Å²) in [4.78, 5) is 11.7. The first-order chi connectivity index (χ1) is 25.2. The third kappa shape index (κ3) is 5.27. The molecule has 8 aromatic carbocycles. The highest BCUT2D eigenvalue weighted by molar-refractivity contribution is 7.25. The summed E-state index contributed by atoms with van der Waals surface area (Å²) in [5.74, 6) is 0.724. The van der Waals surface area contributed by atoms with Crippen molar-refractivity contribution in [3.05, 3.63) is 182 Å². The summed E-state index contributed by atoms with van der Waals surface area (Å²) >= 11 is 1.73. The Labute approximate surface area is 300 Å². The minimum absolute atomic E-state index is 0.724. The smallest absolute Gasteiger partial charge is 0.161 e. The molecule has 0 aliphatic heterocycles. The van der Waals surface area contributed by atoms with Crippen LogP contribution in [0.1, 0.15) is 0 Å². The number of fused-ring (bicyclic) bond motifs is 6. The highest BCUT2D eigenvalue weighted by atomic mass is 32.1. The van der Waals surface area contributed by atoms with E-state index >= 15 is 0 Å². The topological polar surface area (TPSA) is 25.8 Å². The van der Waals surface area contributed by atoms with E-state index in [1.165, 1.54) is 42.8 Å². The molecule has 0 radical (unpaired) electrons. The minimum Gasteiger partial charge on any atom is -0.227 e. The fourth-order valence-electron chi connectivity index (χ4n) is 7.35. The number of nitrogens with zero attached hydrogens (tertiary/aromatic N) is 2. The van der Waals surface area contributed by atoms with Gasteiger partial charge in [-0.2, -0.15) is 0 Å². The molecule has 0 saturated carbocycles. The van der Waals surface area contributed by atoms with Crippen LogP contribution >= 0.6 is 11.3 Å². The largest absolute Gasteiger partial charge is 0.227 e. The molecule has 51 heavy (non-hydrogen) atoms. The second-order valence-corrected chi connectivity index (χ2v) is 14.0. The van der Waals surface area contributed by atoms with E-state index in [0.29, 0.717) is 0 Å². The Morgan fingerprint density at radius 2 is 0.902 bits per heavy atom. The lowest BCUT2D eigenvalue weighted by atomic mass is 9.92. The van der Waals surface area contributed by atoms with Gasteiger partial charge in [-0.1, -0.05) is 146 Å². The lowest BCUT2D eigenvalue weighted by Crippen LogP contribution is -1.95. The van der Waals surface area contributed by atoms with E-state index in [4.69, 9.17) is 9.97 Å². The Hall–Kier alpha value is -6.42. The van der Waals surface area contributed by atoms with Crippen LogP contribution in [0.25, 0.3) is 97.9 Å². The minimum atomic E-state index is 0.724. The van der Waals surface area contributed by atoms with Crippen molar-refractivity contribution in [2.24, 2.45) is 0 Å². The fraction of sp³-hybridized carbons (Fsp3) is 0. The Morgan fingerprint density at radius 3 is 1.71 bits per heavy atom. The number of benzene rings is 8. The Balaban J connectivity index is 1.21. The van der Waals surface area contributed by atoms with Crippen molar-refractivity contribution in [3.63, 3.8) is 0 Å². The van der Waals surface area contributed by atoms with Crippen molar-refractivity contribution < 1.29 is 0 Å². The molecule has 238 valence electrons. The van der Waals surface area contributed by atoms with Gasteiger partial charge in [0.05, 0.1) is 5.69 Å². The highest BCUT2D eigenvalue weighted by Gasteiger charge is 2.18. The third-order valence-corrected chi connectivity index (χ3v) is 10.9. The molecule has 3 heteroatoms. The van der Waals surface area contributed by atoms with E-state index in [-0.39, 0.29) is 0 Å². The molecule has 10 rings (SSSR count). The van der Waals surface area contributed by atoms with Crippen LogP contribution in [0.4, 0.5) is 0 Å². The molecule has 0 fully saturated rings. The number of aromatic nitrogens is 2. The van der Waals surface area contributed by atoms with E-state index in [1.54, 1.807) is 11.3 Å². The maximum Gasteiger partial charge on any atom is 0.161 e. The second kappa shape index (κ2) is 12.2. The Morgan fingerprint density at radius 1 is 0.333 bits per heavy atom. The third-order valence-electron chi connectivity index (χ3n) is 9.86. The number of thiophene rings is 1. The van der Waals surface area contributed by atoms with Crippen molar-refractivity contribution in [1.82, 2.24) is 9.97 Å². The van der Waals surface area contributed by atoms with Gasteiger partial charge in [-0.25, -0.2) is 9.97 Å². The van der Waals surface area contributed by atoms with Gasteiger partial charge in [0.25, 0.3) is 0 Å². The number of hydrogen-bond acceptors (Lipinski definition) is 3. The zero-order valence-corrected chi connectivity index (χ0v) is 28.4. The summed E-state index contributed by atoms with van der Waals surface area (Å²) in [6.45, 7) is 0. The predicted molar refractivity (Wildman–Crippen MR) is 217 cm³/mol. The zero-order chi connectivity index (χ0) is 33.7. The van der Waals surface area contributed by atoms with Crippen LogP contribution in [0.15, 0.2) is 182 Å². The molecule has 2 aromatic heterocycles. The SMILES string of the molecule is c1ccc(-c2cccc(-c3cc(-c4ccc5c(ccc6ccccc65)c4)cc(-c4nc(-c5ccccc5)c5c(n4)sc4ccccc45)c3)c2)cc1. The van der Waals surface area contributed by atoms with Crippen molar-refractivity contribution >= 4 is 53.2 Å². The molecule has 10 aromatic rings. The lowest BCUT2D eigenvalue weighted by Gasteiger charge is -2.14. The Kier molecular flexibility index (Phi) is 7.04. The molecule has 2 heterocycles. The van der Waals surface area contributed by atoms with Crippen LogP contribution < -0.4 is 0 Å². The second-order valence-electron chi connectivity index (χ2n) is 13.0. The molecule has 0 spiro atoms. The van der Waals surface area contributed by atoms with Crippen LogP contribution in [0.3, 0.4) is 0 Å². The summed E-state index contributed by atoms with van der Waals surface area (Å²) in [5, 5.41) is 7.31. The monoisotopic (exact) mass is 666 g/mol. The molecule has 0 bridgehead atoms. The quantitative estimate of drug-likeness (QED) is 0.171. The summed E-state index contributed by atoms with van der Waals surface area (Å²) in [7, 11) is 0. The maximum atomic E-state index is 5.38. The average Bonchev–Trinajstić information content (AvgIpc) is 3.59. The van der Waals surface area contributed by atoms with Gasteiger partial charge in [-0.15, -0.1) is 11.3 Å². The standard InChI is InChI=1S/C48H30N2S/c1-3-12-31(13-4-1)34-17-11-18-35(26-34)38-28-39(36-24-25-42-37(27-36)23-22-32-14-7-8-19-41(32)42)30-40(29-38)47-49-46(33-15-5-2-6-16-33)45-43-20-9-10-21-44(43)51-48(45)50-47/h1-30H. The van der Waals surface area contributed by atoms with Gasteiger partial charge in [-0.05, 0) is 91.3 Å². The summed E-state index contributed by atoms with van der Waals surface area (Å²) in [6, 6.07) is 65.2. The lowest BCUT2D eigenvalue weighted by molar-refractivity contribution is 1.24. The first-order valence-electron chi connectivity index (χ1n) is 17.2. The predicted octanol–water partition coefficient (Wildman–Crippen LogP) is 13.5. The summed E-state index contributed by atoms with van der Waals surface area (Å²) in [6.07, 6.45) is 0. The van der Waals surface area contributed by atoms with Gasteiger partial charge in [0.1, 0.15) is 4.83 Å². The van der Waals surface area contributed by atoms with E-state index in [1.807, 2.05) is 0 Å². The average molecular weight is 667 g/mol. The van der Waals surface area contributed by atoms with Gasteiger partial charge < -0.3 is 0 Å². The molecular weight excluding hydrogens is 637 g/mol. The molecule has 0 aliphatic carbocycles. The molecule has 0 saturated heterocycles. The first kappa shape index (κ1) is 29.5. The van der Waals surface area contributed by atoms with Crippen molar-refractivity contribution in [2.45, 2.75) is 0 Å². The summed E-state index contributed by atoms with van der Waals surface area (Å²) in [5.41, 5.74) is 9.98. The van der Waals surface area contributed by atoms with Crippen LogP contribution in [0.5, 0.6) is 0 Å². The molecular formula is C48H30N2S. The van der Waals surface area contributed by atoms with E-state index in [0.717, 1.165) is 55.1 Å². The summed E-state index contributed by atoms with van der Waals surface area (Å²) < 4.78 is 1.21. The highest BCUT2D eigenvalue weighted by Crippen LogP contribution is 2.41. The van der Waals surface area contributed by atoms with E-state index in [9.17, 15) is 0 Å². The number of hydrogen-bond donors (Lipinski definition) is 0. The molecule has 0 unspecified atom stereocenters. The van der Waals surface area contributed by atoms with Gasteiger partial charge >= 0.3 is 0 Å². The molecule has 0 aliphatic rings. The van der Waals surface area contributed by atoms with Crippen LogP contribution in [-0.4, -0.2) is 9.97 Å². The van der Waals surface area contributed by atoms with Crippen molar-refractivity contribution in [2.75, 3.05) is 0 Å². The molecule has 2 nitrogen and oxygen atoms in total. The van der Waals surface area contributed by atoms with Gasteiger partial charge in [0.2, 0.25) is 0 Å². The van der Waals surface area contributed by atoms with Crippen LogP contribution in [0, 0.1) is 0 Å². The zero-order valence-electron chi connectivity index (χ0n) is 27.6. The van der Waals surface area contributed by atoms with E-state index < -0.39 is 0 Å². The number of rotatable bonds is 5. The van der Waals surface area contributed by atoms with Gasteiger partial charge in [0, 0.05) is 26.6 Å². The van der Waals surface area contributed by atoms with Crippen LogP contribution in [-0.2, 0) is 0 Å². The molecule has 0 atom stereocenters. The van der Waals surface area contributed by atoms with Gasteiger partial charge in [0.15, 0.2) is 5.82 Å². The normalized spacial score (nSPS) is 11.5.